The summed E-state index contributed by atoms with van der Waals surface area (Å²) < 4.78 is 76.3. The lowest BCUT2D eigenvalue weighted by atomic mass is 9.97. The summed E-state index contributed by atoms with van der Waals surface area (Å²) in [5.41, 5.74) is 6.96. The Hall–Kier alpha value is -6.18. The molecule has 11 N–H and O–H groups in total. The molecule has 0 radical (unpaired) electrons. The molecule has 0 fully saturated rings. The number of carbonyl (C=O) groups excluding carboxylic acids is 8. The van der Waals surface area contributed by atoms with Crippen LogP contribution in [0.5, 0.6) is 0 Å². The molecule has 3 atom stereocenters. The van der Waals surface area contributed by atoms with Crippen molar-refractivity contribution in [1.82, 2.24) is 26.0 Å². The van der Waals surface area contributed by atoms with Gasteiger partial charge in [-0.15, -0.1) is 0 Å². The molecule has 1 aromatic carbocycles. The molecule has 456 valence electrons. The fourth-order valence-electron chi connectivity index (χ4n) is 6.67. The Morgan fingerprint density at radius 3 is 1.77 bits per heavy atom. The highest BCUT2D eigenvalue weighted by atomic mass is 32.2. The van der Waals surface area contributed by atoms with Crippen molar-refractivity contribution in [3.63, 3.8) is 0 Å². The van der Waals surface area contributed by atoms with Crippen molar-refractivity contribution in [1.29, 1.82) is 0 Å². The van der Waals surface area contributed by atoms with Crippen molar-refractivity contribution in [2.75, 3.05) is 89.3 Å². The lowest BCUT2D eigenvalue weighted by molar-refractivity contribution is -0.145. The van der Waals surface area contributed by atoms with Gasteiger partial charge >= 0.3 is 11.9 Å². The van der Waals surface area contributed by atoms with Gasteiger partial charge in [-0.2, -0.15) is 8.42 Å². The van der Waals surface area contributed by atoms with Crippen LogP contribution in [-0.2, 0) is 82.2 Å². The van der Waals surface area contributed by atoms with Gasteiger partial charge < -0.3 is 61.5 Å². The van der Waals surface area contributed by atoms with E-state index in [9.17, 15) is 75.0 Å². The number of nitrogens with one attached hydrogen (secondary N) is 6. The fraction of sp³-hybridized carbons (Fsp3) is 0.680. The molecule has 1 aromatic rings. The third-order valence-electron chi connectivity index (χ3n) is 10.9. The number of primary amides is 1. The molecule has 0 spiro atoms. The van der Waals surface area contributed by atoms with E-state index >= 15 is 0 Å². The first-order valence-electron chi connectivity index (χ1n) is 26.4. The van der Waals surface area contributed by atoms with Gasteiger partial charge in [-0.1, -0.05) is 20.8 Å². The maximum Gasteiger partial charge on any atom is 0.326 e. The van der Waals surface area contributed by atoms with E-state index in [0.717, 1.165) is 25.1 Å². The average molecular weight is 1180 g/mol. The van der Waals surface area contributed by atoms with Crippen LogP contribution in [0.15, 0.2) is 24.3 Å². The second-order valence-electron chi connectivity index (χ2n) is 18.0. The lowest BCUT2D eigenvalue weighted by Gasteiger charge is -2.15. The molecule has 30 heteroatoms. The van der Waals surface area contributed by atoms with E-state index in [1.165, 1.54) is 0 Å². The number of benzene rings is 1. The average Bonchev–Trinajstić information content (AvgIpc) is 3.38. The molecule has 0 bridgehead atoms. The van der Waals surface area contributed by atoms with Gasteiger partial charge in [0.15, 0.2) is 5.78 Å². The Balaban J connectivity index is 0.00000169. The number of ketones is 2. The van der Waals surface area contributed by atoms with Gasteiger partial charge in [0.05, 0.1) is 50.5 Å². The number of sulfonamides is 1. The number of carboxylic acid groups (broad SMARTS) is 2. The molecular formula is C50H83N7O21S2. The third kappa shape index (κ3) is 40.9. The van der Waals surface area contributed by atoms with E-state index in [1.807, 2.05) is 19.1 Å². The largest absolute Gasteiger partial charge is 0.481 e. The Bertz CT molecular complexity index is 2310. The molecule has 0 heterocycles. The Kier molecular flexibility index (Phi) is 40.2. The predicted molar refractivity (Wildman–Crippen MR) is 290 cm³/mol. The quantitative estimate of drug-likeness (QED) is 0.0316. The van der Waals surface area contributed by atoms with Crippen LogP contribution >= 0.6 is 0 Å². The Morgan fingerprint density at radius 2 is 1.18 bits per heavy atom. The number of carboxylic acids is 2. The minimum atomic E-state index is -4.27. The minimum Gasteiger partial charge on any atom is -0.481 e. The molecule has 0 aliphatic carbocycles. The van der Waals surface area contributed by atoms with Crippen LogP contribution in [0.25, 0.3) is 0 Å². The van der Waals surface area contributed by atoms with E-state index in [1.54, 1.807) is 23.8 Å². The van der Waals surface area contributed by atoms with Gasteiger partial charge in [-0.25, -0.2) is 13.2 Å². The van der Waals surface area contributed by atoms with Crippen molar-refractivity contribution < 1.29 is 98.5 Å². The maximum absolute atomic E-state index is 12.2. The van der Waals surface area contributed by atoms with E-state index in [-0.39, 0.29) is 96.0 Å². The molecule has 0 saturated heterocycles. The van der Waals surface area contributed by atoms with Gasteiger partial charge in [-0.3, -0.25) is 52.4 Å². The highest BCUT2D eigenvalue weighted by Crippen LogP contribution is 2.14. The Morgan fingerprint density at radius 1 is 0.562 bits per heavy atom. The zero-order chi connectivity index (χ0) is 60.4. The normalized spacial score (nSPS) is 12.3. The smallest absolute Gasteiger partial charge is 0.326 e. The van der Waals surface area contributed by atoms with Gasteiger partial charge in [0.25, 0.3) is 16.0 Å². The number of ether oxygens (including phenoxy) is 4. The number of hydrogen-bond donors (Lipinski definition) is 10. The molecular weight excluding hydrogens is 1100 g/mol. The van der Waals surface area contributed by atoms with Crippen LogP contribution in [0, 0.1) is 5.92 Å². The van der Waals surface area contributed by atoms with Crippen LogP contribution < -0.4 is 37.0 Å². The van der Waals surface area contributed by atoms with Crippen LogP contribution in [0.4, 0.5) is 5.69 Å². The second kappa shape index (κ2) is 43.6. The summed E-state index contributed by atoms with van der Waals surface area (Å²) >= 11 is 0. The van der Waals surface area contributed by atoms with Crippen molar-refractivity contribution in [2.45, 2.75) is 129 Å². The van der Waals surface area contributed by atoms with Crippen molar-refractivity contribution in [3.05, 3.63) is 29.8 Å². The highest BCUT2D eigenvalue weighted by Gasteiger charge is 2.25. The molecule has 0 aromatic heterocycles. The van der Waals surface area contributed by atoms with Crippen LogP contribution in [0.3, 0.4) is 0 Å². The number of carbonyl (C=O) groups is 10. The predicted octanol–water partition coefficient (Wildman–Crippen LogP) is 0.621. The minimum absolute atomic E-state index is 0.0292. The maximum atomic E-state index is 12.2. The number of anilines is 1. The van der Waals surface area contributed by atoms with Gasteiger partial charge in [0.1, 0.15) is 31.1 Å². The number of Topliss-reactive ketones (excluding diaryl/α,β-unsaturated/α-hetero) is 2. The zero-order valence-electron chi connectivity index (χ0n) is 45.9. The van der Waals surface area contributed by atoms with Gasteiger partial charge in [0, 0.05) is 76.0 Å². The lowest BCUT2D eigenvalue weighted by Crippen LogP contribution is -2.45. The Labute approximate surface area is 467 Å². The first-order chi connectivity index (χ1) is 37.8. The summed E-state index contributed by atoms with van der Waals surface area (Å²) in [6, 6.07) is 5.26. The van der Waals surface area contributed by atoms with Crippen molar-refractivity contribution in [2.24, 2.45) is 11.7 Å². The standard InChI is InChI=1S/C27H45N3O16S2.C23H38N4O5/c1-2-20(31)8-9-22(27(38)39)29-24(34)10-7-19(26(36)37)17-21(32)18-46-14-13-45-12-11-28-23(33)5-3-15-47(40,41)30-25(35)6-4-16-48(42,43)44;1-3-12-25-19-10-8-18(9-11-19)23(30)26-13-6-5-7-20(22(24)29)27-21(28)17-32-16-15-31-14-4-2/h19,22H,2-18H2,1H3,(H,28,33)(H,29,34)(H,30,35)(H,36,37)(H,38,39)(H,42,43,44);8-11,20,25H,3-7,12-17H2,1-2H3,(H2,24,29)(H,26,30)(H,27,28)/t19-,22-;20-/m10/s1. The molecule has 80 heavy (non-hydrogen) atoms. The van der Waals surface area contributed by atoms with Gasteiger partial charge in [0.2, 0.25) is 39.6 Å². The topological polar surface area (TPSA) is 435 Å². The molecule has 28 nitrogen and oxygen atoms in total. The third-order valence-corrected chi connectivity index (χ3v) is 13.1. The van der Waals surface area contributed by atoms with E-state index in [4.69, 9.17) is 29.2 Å². The van der Waals surface area contributed by atoms with E-state index < -0.39 is 116 Å². The number of amides is 6. The summed E-state index contributed by atoms with van der Waals surface area (Å²) in [5, 5.41) is 32.1. The number of rotatable bonds is 47. The fourth-order valence-corrected chi connectivity index (χ4v) is 8.25. The summed E-state index contributed by atoms with van der Waals surface area (Å²) in [5.74, 6) is -9.06. The van der Waals surface area contributed by atoms with Crippen molar-refractivity contribution >= 4 is 84.8 Å². The number of nitrogens with two attached hydrogens (primary N) is 1. The first kappa shape index (κ1) is 73.8. The number of unbranched alkanes of at least 4 members (excludes halogenated alkanes) is 1. The highest BCUT2D eigenvalue weighted by molar-refractivity contribution is 7.90. The SMILES string of the molecule is CCC(=O)CC[C@@H](NC(=O)CC[C@H](CC(=O)COCCOCCNC(=O)CCCS(=O)(=O)NC(=O)CCCS(=O)(=O)O)C(=O)O)C(=O)O.CCCNc1ccc(C(=O)NCCCC[C@H](NC(=O)COCCOCCC)C(N)=O)cc1. The monoisotopic (exact) mass is 1180 g/mol. The molecule has 0 aliphatic heterocycles. The van der Waals surface area contributed by atoms with E-state index in [2.05, 4.69) is 33.5 Å². The van der Waals surface area contributed by atoms with Crippen LogP contribution in [-0.4, -0.2) is 187 Å². The summed E-state index contributed by atoms with van der Waals surface area (Å²) in [4.78, 5) is 118. The second-order valence-corrected chi connectivity index (χ2v) is 21.4. The summed E-state index contributed by atoms with van der Waals surface area (Å²) in [7, 11) is -8.31. The molecule has 0 aliphatic rings. The van der Waals surface area contributed by atoms with Gasteiger partial charge in [-0.05, 0) is 82.1 Å². The first-order valence-corrected chi connectivity index (χ1v) is 29.6. The summed E-state index contributed by atoms with van der Waals surface area (Å²) in [6.45, 7) is 8.04. The molecule has 6 amide bonds. The van der Waals surface area contributed by atoms with Crippen LogP contribution in [0.1, 0.15) is 127 Å². The summed E-state index contributed by atoms with van der Waals surface area (Å²) in [6.07, 6.45) is 1.77. The number of hydrogen-bond acceptors (Lipinski definition) is 19. The van der Waals surface area contributed by atoms with Crippen LogP contribution in [0.2, 0.25) is 0 Å². The molecule has 1 rings (SSSR count). The molecule has 0 saturated carbocycles. The number of aliphatic carboxylic acids is 2. The zero-order valence-corrected chi connectivity index (χ0v) is 47.6. The molecule has 0 unspecified atom stereocenters. The van der Waals surface area contributed by atoms with Crippen molar-refractivity contribution in [3.8, 4) is 0 Å². The van der Waals surface area contributed by atoms with E-state index in [0.29, 0.717) is 51.2 Å².